The topological polar surface area (TPSA) is 39.9 Å². The van der Waals surface area contributed by atoms with Crippen LogP contribution in [-0.4, -0.2) is 18.1 Å². The Labute approximate surface area is 133 Å². The molecule has 2 heterocycles. The Hall–Kier alpha value is -1.86. The number of aryl methyl sites for hydroxylation is 1. The third-order valence-electron chi connectivity index (χ3n) is 3.98. The van der Waals surface area contributed by atoms with E-state index in [4.69, 9.17) is 0 Å². The van der Waals surface area contributed by atoms with Crippen LogP contribution in [0.2, 0.25) is 0 Å². The number of hydrogen-bond donors (Lipinski definition) is 0. The first-order valence-electron chi connectivity index (χ1n) is 7.01. The van der Waals surface area contributed by atoms with Crippen molar-refractivity contribution in [3.63, 3.8) is 0 Å². The lowest BCUT2D eigenvalue weighted by atomic mass is 9.90. The zero-order valence-electron chi connectivity index (χ0n) is 11.8. The molecule has 106 valence electrons. The van der Waals surface area contributed by atoms with Gasteiger partial charge in [-0.1, -0.05) is 30.3 Å². The van der Waals surface area contributed by atoms with E-state index in [1.165, 1.54) is 5.56 Å². The summed E-state index contributed by atoms with van der Waals surface area (Å²) in [6, 6.07) is 16.8. The van der Waals surface area contributed by atoms with E-state index in [0.717, 1.165) is 29.1 Å². The molecule has 0 aliphatic carbocycles. The maximum absolute atomic E-state index is 9.48. The minimum absolute atomic E-state index is 0.00149. The number of hydrogen-bond acceptors (Lipinski definition) is 3. The summed E-state index contributed by atoms with van der Waals surface area (Å²) in [5, 5.41) is 9.48. The highest BCUT2D eigenvalue weighted by Crippen LogP contribution is 2.36. The molecular formula is C17H16BrN3. The van der Waals surface area contributed by atoms with Gasteiger partial charge in [0.15, 0.2) is 0 Å². The molecule has 1 fully saturated rings. The molecule has 0 spiro atoms. The number of anilines is 1. The van der Waals surface area contributed by atoms with Crippen molar-refractivity contribution in [1.82, 2.24) is 4.98 Å². The van der Waals surface area contributed by atoms with Gasteiger partial charge in [-0.15, -0.1) is 0 Å². The molecule has 0 unspecified atom stereocenters. The van der Waals surface area contributed by atoms with Gasteiger partial charge in [-0.3, -0.25) is 0 Å². The van der Waals surface area contributed by atoms with Crippen LogP contribution in [0, 0.1) is 24.2 Å². The quantitative estimate of drug-likeness (QED) is 0.831. The van der Waals surface area contributed by atoms with Gasteiger partial charge in [0.05, 0.1) is 16.5 Å². The fraction of sp³-hybridized carbons (Fsp3) is 0.294. The van der Waals surface area contributed by atoms with Crippen LogP contribution in [0.1, 0.15) is 17.2 Å². The molecule has 0 radical (unpaired) electrons. The van der Waals surface area contributed by atoms with E-state index in [9.17, 15) is 5.26 Å². The van der Waals surface area contributed by atoms with Gasteiger partial charge >= 0.3 is 0 Å². The number of nitriles is 1. The molecule has 1 aliphatic rings. The SMILES string of the molecule is Cc1ccc(Br)c(N2C[C@@H](C#N)[C@H](c3ccccc3)C2)n1. The van der Waals surface area contributed by atoms with Gasteiger partial charge in [-0.25, -0.2) is 4.98 Å². The first-order chi connectivity index (χ1) is 10.2. The molecule has 2 aromatic rings. The fourth-order valence-corrected chi connectivity index (χ4v) is 3.36. The van der Waals surface area contributed by atoms with Crippen molar-refractivity contribution >= 4 is 21.7 Å². The van der Waals surface area contributed by atoms with Crippen molar-refractivity contribution in [2.45, 2.75) is 12.8 Å². The molecule has 21 heavy (non-hydrogen) atoms. The summed E-state index contributed by atoms with van der Waals surface area (Å²) >= 11 is 3.57. The van der Waals surface area contributed by atoms with E-state index >= 15 is 0 Å². The van der Waals surface area contributed by atoms with Gasteiger partial charge < -0.3 is 4.90 Å². The monoisotopic (exact) mass is 341 g/mol. The summed E-state index contributed by atoms with van der Waals surface area (Å²) in [6.45, 7) is 3.55. The Bertz CT molecular complexity index is 678. The number of nitrogens with zero attached hydrogens (tertiary/aromatic N) is 3. The molecule has 4 heteroatoms. The van der Waals surface area contributed by atoms with Gasteiger partial charge in [0.25, 0.3) is 0 Å². The number of aromatic nitrogens is 1. The third kappa shape index (κ3) is 2.79. The summed E-state index contributed by atoms with van der Waals surface area (Å²) in [6.07, 6.45) is 0. The number of rotatable bonds is 2. The van der Waals surface area contributed by atoms with Crippen molar-refractivity contribution in [2.75, 3.05) is 18.0 Å². The molecule has 2 atom stereocenters. The average Bonchev–Trinajstić information content (AvgIpc) is 2.94. The summed E-state index contributed by atoms with van der Waals surface area (Å²) < 4.78 is 0.985. The molecule has 3 rings (SSSR count). The second-order valence-electron chi connectivity index (χ2n) is 5.42. The molecule has 0 amide bonds. The van der Waals surface area contributed by atoms with E-state index in [1.54, 1.807) is 0 Å². The van der Waals surface area contributed by atoms with Gasteiger partial charge in [0.2, 0.25) is 0 Å². The largest absolute Gasteiger partial charge is 0.354 e. The minimum Gasteiger partial charge on any atom is -0.354 e. The van der Waals surface area contributed by atoms with E-state index < -0.39 is 0 Å². The first-order valence-corrected chi connectivity index (χ1v) is 7.81. The lowest BCUT2D eigenvalue weighted by Crippen LogP contribution is -2.21. The minimum atomic E-state index is 0.00149. The number of halogens is 1. The van der Waals surface area contributed by atoms with Gasteiger partial charge in [0, 0.05) is 24.7 Å². The van der Waals surface area contributed by atoms with E-state index in [0.29, 0.717) is 0 Å². The molecule has 1 aliphatic heterocycles. The number of benzene rings is 1. The Morgan fingerprint density at radius 3 is 2.67 bits per heavy atom. The Balaban J connectivity index is 1.91. The summed E-state index contributed by atoms with van der Waals surface area (Å²) in [5.74, 6) is 1.18. The van der Waals surface area contributed by atoms with Crippen molar-refractivity contribution in [1.29, 1.82) is 5.26 Å². The van der Waals surface area contributed by atoms with Crippen LogP contribution in [0.5, 0.6) is 0 Å². The third-order valence-corrected chi connectivity index (χ3v) is 4.60. The van der Waals surface area contributed by atoms with Gasteiger partial charge in [-0.2, -0.15) is 5.26 Å². The van der Waals surface area contributed by atoms with Gasteiger partial charge in [0.1, 0.15) is 5.82 Å². The highest BCUT2D eigenvalue weighted by molar-refractivity contribution is 9.10. The maximum atomic E-state index is 9.48. The van der Waals surface area contributed by atoms with Crippen LogP contribution in [0.3, 0.4) is 0 Å². The Morgan fingerprint density at radius 2 is 1.95 bits per heavy atom. The van der Waals surface area contributed by atoms with Crippen LogP contribution < -0.4 is 4.90 Å². The normalized spacial score (nSPS) is 21.3. The standard InChI is InChI=1S/C17H16BrN3/c1-12-7-8-16(18)17(20-12)21-10-14(9-19)15(11-21)13-5-3-2-4-6-13/h2-8,14-15H,10-11H2,1H3/t14-,15+/m1/s1. The molecule has 0 saturated carbocycles. The second kappa shape index (κ2) is 5.87. The van der Waals surface area contributed by atoms with Crippen molar-refractivity contribution in [3.8, 4) is 6.07 Å². The van der Waals surface area contributed by atoms with E-state index in [1.807, 2.05) is 37.3 Å². The Morgan fingerprint density at radius 1 is 1.19 bits per heavy atom. The fourth-order valence-electron chi connectivity index (χ4n) is 2.89. The molecular weight excluding hydrogens is 326 g/mol. The van der Waals surface area contributed by atoms with E-state index in [-0.39, 0.29) is 11.8 Å². The van der Waals surface area contributed by atoms with Crippen LogP contribution in [0.15, 0.2) is 46.9 Å². The van der Waals surface area contributed by atoms with Crippen molar-refractivity contribution in [2.24, 2.45) is 5.92 Å². The van der Waals surface area contributed by atoms with Crippen molar-refractivity contribution in [3.05, 3.63) is 58.2 Å². The predicted octanol–water partition coefficient (Wildman–Crippen LogP) is 3.90. The lowest BCUT2D eigenvalue weighted by Gasteiger charge is -2.19. The van der Waals surface area contributed by atoms with Crippen LogP contribution >= 0.6 is 15.9 Å². The summed E-state index contributed by atoms with van der Waals surface area (Å²) in [5.41, 5.74) is 2.22. The zero-order valence-corrected chi connectivity index (χ0v) is 13.4. The predicted molar refractivity (Wildman–Crippen MR) is 87.2 cm³/mol. The average molecular weight is 342 g/mol. The molecule has 0 N–H and O–H groups in total. The highest BCUT2D eigenvalue weighted by atomic mass is 79.9. The Kier molecular flexibility index (Phi) is 3.94. The smallest absolute Gasteiger partial charge is 0.143 e. The summed E-state index contributed by atoms with van der Waals surface area (Å²) in [7, 11) is 0. The zero-order chi connectivity index (χ0) is 14.8. The molecule has 0 bridgehead atoms. The molecule has 3 nitrogen and oxygen atoms in total. The molecule has 1 aromatic heterocycles. The summed E-state index contributed by atoms with van der Waals surface area (Å²) in [4.78, 5) is 6.83. The van der Waals surface area contributed by atoms with E-state index in [2.05, 4.69) is 44.0 Å². The molecule has 1 aromatic carbocycles. The first kappa shape index (κ1) is 14.1. The maximum Gasteiger partial charge on any atom is 0.143 e. The van der Waals surface area contributed by atoms with Gasteiger partial charge in [-0.05, 0) is 40.5 Å². The highest BCUT2D eigenvalue weighted by Gasteiger charge is 2.35. The van der Waals surface area contributed by atoms with Crippen LogP contribution in [0.25, 0.3) is 0 Å². The molecule has 1 saturated heterocycles. The lowest BCUT2D eigenvalue weighted by molar-refractivity contribution is 0.647. The van der Waals surface area contributed by atoms with Crippen LogP contribution in [-0.2, 0) is 0 Å². The number of pyridine rings is 1. The van der Waals surface area contributed by atoms with Crippen LogP contribution in [0.4, 0.5) is 5.82 Å². The second-order valence-corrected chi connectivity index (χ2v) is 6.27. The van der Waals surface area contributed by atoms with Crippen molar-refractivity contribution < 1.29 is 0 Å².